The molecule has 0 aromatic heterocycles. The van der Waals surface area contributed by atoms with Crippen LogP contribution in [-0.4, -0.2) is 20.3 Å². The van der Waals surface area contributed by atoms with Gasteiger partial charge in [-0.2, -0.15) is 0 Å². The molecule has 3 aromatic rings. The van der Waals surface area contributed by atoms with Crippen LogP contribution >= 0.6 is 11.6 Å². The van der Waals surface area contributed by atoms with E-state index in [2.05, 4.69) is 55.5 Å². The Morgan fingerprint density at radius 1 is 1.00 bits per heavy atom. The summed E-state index contributed by atoms with van der Waals surface area (Å²) in [6, 6.07) is 26.9. The second-order valence-corrected chi connectivity index (χ2v) is 9.49. The minimum absolute atomic E-state index is 0.0666. The lowest BCUT2D eigenvalue weighted by molar-refractivity contribution is -0.108. The lowest BCUT2D eigenvalue weighted by Gasteiger charge is -2.40. The van der Waals surface area contributed by atoms with Crippen molar-refractivity contribution in [1.29, 1.82) is 0 Å². The summed E-state index contributed by atoms with van der Waals surface area (Å²) in [6.07, 6.45) is 1.91. The fourth-order valence-electron chi connectivity index (χ4n) is 5.49. The molecule has 5 rings (SSSR count). The van der Waals surface area contributed by atoms with Gasteiger partial charge in [0.05, 0.1) is 32.0 Å². The first kappa shape index (κ1) is 21.5. The molecule has 3 nitrogen and oxygen atoms in total. The number of hydrogen-bond donors (Lipinski definition) is 0. The van der Waals surface area contributed by atoms with E-state index < -0.39 is 5.60 Å². The molecule has 4 atom stereocenters. The first-order valence-corrected chi connectivity index (χ1v) is 11.6. The Morgan fingerprint density at radius 2 is 1.72 bits per heavy atom. The van der Waals surface area contributed by atoms with Gasteiger partial charge in [0.1, 0.15) is 5.75 Å². The number of benzene rings is 3. The molecule has 1 heterocycles. The third-order valence-electron chi connectivity index (χ3n) is 7.41. The highest BCUT2D eigenvalue weighted by molar-refractivity contribution is 6.30. The average molecular weight is 449 g/mol. The van der Waals surface area contributed by atoms with Gasteiger partial charge in [-0.1, -0.05) is 66.2 Å². The van der Waals surface area contributed by atoms with Crippen LogP contribution in [0.5, 0.6) is 5.75 Å². The number of rotatable bonds is 8. The molecule has 0 N–H and O–H groups in total. The molecule has 3 aromatic carbocycles. The van der Waals surface area contributed by atoms with E-state index in [1.807, 2.05) is 30.3 Å². The Kier molecular flexibility index (Phi) is 5.75. The molecule has 0 unspecified atom stereocenters. The van der Waals surface area contributed by atoms with Crippen LogP contribution in [0.1, 0.15) is 36.1 Å². The van der Waals surface area contributed by atoms with Crippen molar-refractivity contribution in [2.75, 3.05) is 20.3 Å². The summed E-state index contributed by atoms with van der Waals surface area (Å²) in [6.45, 7) is 3.64. The van der Waals surface area contributed by atoms with Gasteiger partial charge >= 0.3 is 0 Å². The quantitative estimate of drug-likeness (QED) is 0.388. The number of halogens is 1. The van der Waals surface area contributed by atoms with E-state index in [1.165, 1.54) is 11.1 Å². The second-order valence-electron chi connectivity index (χ2n) is 9.05. The zero-order chi connectivity index (χ0) is 22.2. The van der Waals surface area contributed by atoms with Crippen LogP contribution < -0.4 is 4.74 Å². The molecule has 1 saturated carbocycles. The van der Waals surface area contributed by atoms with Crippen LogP contribution in [0.25, 0.3) is 0 Å². The second kappa shape index (κ2) is 8.55. The maximum absolute atomic E-state index is 6.71. The fourth-order valence-corrected chi connectivity index (χ4v) is 5.62. The molecule has 2 aliphatic rings. The molecule has 1 aliphatic carbocycles. The molecule has 166 valence electrons. The molecule has 4 heteroatoms. The minimum Gasteiger partial charge on any atom is -0.497 e. The van der Waals surface area contributed by atoms with Crippen LogP contribution in [0.2, 0.25) is 5.02 Å². The molecule has 0 radical (unpaired) electrons. The molecule has 1 aliphatic heterocycles. The maximum Gasteiger partial charge on any atom is 0.118 e. The molecule has 0 bridgehead atoms. The Hall–Kier alpha value is -2.33. The summed E-state index contributed by atoms with van der Waals surface area (Å²) in [5.74, 6) is 1.33. The summed E-state index contributed by atoms with van der Waals surface area (Å²) >= 11 is 6.21. The molecule has 2 fully saturated rings. The predicted molar refractivity (Wildman–Crippen MR) is 127 cm³/mol. The van der Waals surface area contributed by atoms with E-state index in [1.54, 1.807) is 7.11 Å². The van der Waals surface area contributed by atoms with E-state index in [0.29, 0.717) is 12.5 Å². The van der Waals surface area contributed by atoms with Gasteiger partial charge < -0.3 is 14.2 Å². The Balaban J connectivity index is 1.47. The van der Waals surface area contributed by atoms with E-state index in [9.17, 15) is 0 Å². The lowest BCUT2D eigenvalue weighted by Crippen LogP contribution is -2.38. The maximum atomic E-state index is 6.71. The fraction of sp³-hybridized carbons (Fsp3) is 0.357. The van der Waals surface area contributed by atoms with Gasteiger partial charge in [0.2, 0.25) is 0 Å². The lowest BCUT2D eigenvalue weighted by atomic mass is 9.74. The van der Waals surface area contributed by atoms with Gasteiger partial charge in [-0.05, 0) is 66.6 Å². The largest absolute Gasteiger partial charge is 0.497 e. The minimum atomic E-state index is -0.430. The predicted octanol–water partition coefficient (Wildman–Crippen LogP) is 6.60. The smallest absolute Gasteiger partial charge is 0.118 e. The monoisotopic (exact) mass is 448 g/mol. The standard InChI is InChI=1S/C28H29ClO3/c1-27(22-10-14-25(30-2)15-11-22)28(18-23(28)19-32-27)26(21-8-12-24(29)13-9-21)31-17-16-20-6-4-3-5-7-20/h3-15,23,26H,16-19H2,1-2H3/t23-,26+,27-,28-/m1/s1. The first-order valence-electron chi connectivity index (χ1n) is 11.3. The van der Waals surface area contributed by atoms with Crippen LogP contribution in [0.4, 0.5) is 0 Å². The Labute approximate surface area is 195 Å². The van der Waals surface area contributed by atoms with Crippen LogP contribution in [-0.2, 0) is 21.5 Å². The SMILES string of the molecule is COc1ccc([C@@]2(C)OC[C@H]3C[C@]32[C@@H](OCCc2ccccc2)c2ccc(Cl)cc2)cc1. The van der Waals surface area contributed by atoms with E-state index in [-0.39, 0.29) is 11.5 Å². The summed E-state index contributed by atoms with van der Waals surface area (Å²) < 4.78 is 18.6. The van der Waals surface area contributed by atoms with Crippen molar-refractivity contribution in [3.8, 4) is 5.75 Å². The molecular formula is C28H29ClO3. The van der Waals surface area contributed by atoms with Crippen molar-refractivity contribution in [3.05, 3.63) is 101 Å². The average Bonchev–Trinajstić information content (AvgIpc) is 3.50. The summed E-state index contributed by atoms with van der Waals surface area (Å²) in [7, 11) is 1.69. The topological polar surface area (TPSA) is 27.7 Å². The molecule has 0 spiro atoms. The van der Waals surface area contributed by atoms with Crippen molar-refractivity contribution >= 4 is 11.6 Å². The zero-order valence-corrected chi connectivity index (χ0v) is 19.3. The van der Waals surface area contributed by atoms with Crippen LogP contribution in [0.3, 0.4) is 0 Å². The summed E-state index contributed by atoms with van der Waals surface area (Å²) in [4.78, 5) is 0. The zero-order valence-electron chi connectivity index (χ0n) is 18.6. The molecule has 0 amide bonds. The van der Waals surface area contributed by atoms with E-state index >= 15 is 0 Å². The Bertz CT molecular complexity index is 1050. The highest BCUT2D eigenvalue weighted by Crippen LogP contribution is 2.75. The van der Waals surface area contributed by atoms with Gasteiger partial charge in [0, 0.05) is 10.4 Å². The van der Waals surface area contributed by atoms with Crippen molar-refractivity contribution in [2.24, 2.45) is 11.3 Å². The number of fused-ring (bicyclic) bond motifs is 1. The highest BCUT2D eigenvalue weighted by atomic mass is 35.5. The van der Waals surface area contributed by atoms with Crippen molar-refractivity contribution in [3.63, 3.8) is 0 Å². The highest BCUT2D eigenvalue weighted by Gasteiger charge is 2.74. The molecule has 1 saturated heterocycles. The normalized spacial score (nSPS) is 27.0. The third-order valence-corrected chi connectivity index (χ3v) is 7.67. The summed E-state index contributed by atoms with van der Waals surface area (Å²) in [5.41, 5.74) is 3.08. The first-order chi connectivity index (χ1) is 15.6. The number of methoxy groups -OCH3 is 1. The van der Waals surface area contributed by atoms with Crippen molar-refractivity contribution in [2.45, 2.75) is 31.5 Å². The van der Waals surface area contributed by atoms with Gasteiger partial charge in [0.25, 0.3) is 0 Å². The van der Waals surface area contributed by atoms with Crippen molar-refractivity contribution in [1.82, 2.24) is 0 Å². The third kappa shape index (κ3) is 3.63. The van der Waals surface area contributed by atoms with E-state index in [4.69, 9.17) is 25.8 Å². The van der Waals surface area contributed by atoms with Gasteiger partial charge in [-0.15, -0.1) is 0 Å². The molecule has 32 heavy (non-hydrogen) atoms. The van der Waals surface area contributed by atoms with Gasteiger partial charge in [0.15, 0.2) is 0 Å². The van der Waals surface area contributed by atoms with Crippen molar-refractivity contribution < 1.29 is 14.2 Å². The van der Waals surface area contributed by atoms with Crippen LogP contribution in [0.15, 0.2) is 78.9 Å². The summed E-state index contributed by atoms with van der Waals surface area (Å²) in [5, 5.41) is 0.738. The number of hydrogen-bond acceptors (Lipinski definition) is 3. The number of ether oxygens (including phenoxy) is 3. The Morgan fingerprint density at radius 3 is 2.38 bits per heavy atom. The van der Waals surface area contributed by atoms with Gasteiger partial charge in [-0.25, -0.2) is 0 Å². The molecular weight excluding hydrogens is 420 g/mol. The van der Waals surface area contributed by atoms with Gasteiger partial charge in [-0.3, -0.25) is 0 Å². The van der Waals surface area contributed by atoms with Crippen LogP contribution in [0, 0.1) is 11.3 Å². The van der Waals surface area contributed by atoms with E-state index in [0.717, 1.165) is 35.8 Å².